The first kappa shape index (κ1) is 21.1. The fourth-order valence-electron chi connectivity index (χ4n) is 3.54. The van der Waals surface area contributed by atoms with Gasteiger partial charge in [0.05, 0.1) is 11.9 Å². The molecule has 3 aromatic rings. The molecular weight excluding hydrogens is 483 g/mol. The summed E-state index contributed by atoms with van der Waals surface area (Å²) >= 11 is 0. The molecule has 9 nitrogen and oxygen atoms in total. The van der Waals surface area contributed by atoms with Crippen molar-refractivity contribution in [1.82, 2.24) is 30.0 Å². The number of rotatable bonds is 4. The number of fused-ring (bicyclic) bond motifs is 1. The molecule has 154 valence electrons. The Bertz CT molecular complexity index is 1010. The molecule has 1 amide bonds. The molecule has 0 aromatic carbocycles. The number of pyridine rings is 1. The van der Waals surface area contributed by atoms with Gasteiger partial charge in [0.15, 0.2) is 5.96 Å². The number of guanidine groups is 1. The average molecular weight is 508 g/mol. The lowest BCUT2D eigenvalue weighted by Crippen LogP contribution is -2.55. The van der Waals surface area contributed by atoms with Gasteiger partial charge in [-0.2, -0.15) is 5.10 Å². The van der Waals surface area contributed by atoms with Crippen molar-refractivity contribution in [2.45, 2.75) is 6.42 Å². The van der Waals surface area contributed by atoms with E-state index in [-0.39, 0.29) is 29.9 Å². The molecule has 0 spiro atoms. The van der Waals surface area contributed by atoms with Gasteiger partial charge in [-0.05, 0) is 24.1 Å². The van der Waals surface area contributed by atoms with Crippen LogP contribution >= 0.6 is 24.0 Å². The largest absolute Gasteiger partial charge is 0.356 e. The molecule has 0 unspecified atom stereocenters. The molecular formula is C19H25IN8O. The Morgan fingerprint density at radius 3 is 2.97 bits per heavy atom. The van der Waals surface area contributed by atoms with E-state index in [0.29, 0.717) is 13.1 Å². The van der Waals surface area contributed by atoms with Crippen molar-refractivity contribution < 1.29 is 4.79 Å². The Hall–Kier alpha value is -2.63. The predicted molar refractivity (Wildman–Crippen MR) is 124 cm³/mol. The van der Waals surface area contributed by atoms with Crippen LogP contribution in [0.3, 0.4) is 0 Å². The van der Waals surface area contributed by atoms with E-state index in [1.54, 1.807) is 29.0 Å². The van der Waals surface area contributed by atoms with Crippen molar-refractivity contribution in [3.05, 3.63) is 42.5 Å². The van der Waals surface area contributed by atoms with E-state index < -0.39 is 0 Å². The highest BCUT2D eigenvalue weighted by Gasteiger charge is 2.27. The number of aryl methyl sites for hydroxylation is 1. The molecule has 29 heavy (non-hydrogen) atoms. The number of carbonyl (C=O) groups is 1. The van der Waals surface area contributed by atoms with E-state index in [1.807, 2.05) is 30.4 Å². The molecule has 4 rings (SSSR count). The van der Waals surface area contributed by atoms with E-state index >= 15 is 0 Å². The third-order valence-electron chi connectivity index (χ3n) is 4.95. The van der Waals surface area contributed by atoms with Gasteiger partial charge >= 0.3 is 0 Å². The van der Waals surface area contributed by atoms with Crippen LogP contribution in [-0.4, -0.2) is 69.7 Å². The number of amides is 1. The van der Waals surface area contributed by atoms with E-state index in [0.717, 1.165) is 42.2 Å². The number of piperazine rings is 1. The van der Waals surface area contributed by atoms with E-state index in [1.165, 1.54) is 5.56 Å². The zero-order chi connectivity index (χ0) is 19.5. The first-order valence-corrected chi connectivity index (χ1v) is 9.31. The molecule has 0 atom stereocenters. The normalized spacial score (nSPS) is 15.0. The summed E-state index contributed by atoms with van der Waals surface area (Å²) in [6.45, 7) is 2.35. The lowest BCUT2D eigenvalue weighted by atomic mass is 10.1. The number of H-pyrrole nitrogens is 1. The van der Waals surface area contributed by atoms with Gasteiger partial charge in [-0.15, -0.1) is 24.0 Å². The molecule has 1 saturated heterocycles. The van der Waals surface area contributed by atoms with Crippen molar-refractivity contribution in [2.24, 2.45) is 12.0 Å². The van der Waals surface area contributed by atoms with Crippen LogP contribution in [0.2, 0.25) is 0 Å². The summed E-state index contributed by atoms with van der Waals surface area (Å²) < 4.78 is 1.70. The second kappa shape index (κ2) is 9.25. The van der Waals surface area contributed by atoms with Gasteiger partial charge in [-0.25, -0.2) is 4.98 Å². The topological polar surface area (TPSA) is 94.4 Å². The molecule has 0 radical (unpaired) electrons. The van der Waals surface area contributed by atoms with Crippen LogP contribution in [0.4, 0.5) is 5.69 Å². The standard InChI is InChI=1S/C19H24N8O.HI/c1-20-19(22-7-5-14-10-23-18-16(14)4-3-6-21-18)26-8-9-27(17(28)13-26)15-11-24-25(2)12-15;/h3-4,6,10-12H,5,7-9,13H2,1-2H3,(H,20,22)(H,21,23);1H. The van der Waals surface area contributed by atoms with Crippen LogP contribution in [-0.2, 0) is 18.3 Å². The number of carbonyl (C=O) groups excluding carboxylic acids is 1. The Labute approximate surface area is 186 Å². The molecule has 10 heteroatoms. The number of aromatic amines is 1. The number of nitrogens with zero attached hydrogens (tertiary/aromatic N) is 6. The van der Waals surface area contributed by atoms with Crippen molar-refractivity contribution in [2.75, 3.05) is 38.1 Å². The monoisotopic (exact) mass is 508 g/mol. The Morgan fingerprint density at radius 1 is 1.38 bits per heavy atom. The minimum Gasteiger partial charge on any atom is -0.356 e. The van der Waals surface area contributed by atoms with Gasteiger partial charge < -0.3 is 20.1 Å². The van der Waals surface area contributed by atoms with Gasteiger partial charge in [-0.3, -0.25) is 14.5 Å². The van der Waals surface area contributed by atoms with Crippen molar-refractivity contribution in [3.63, 3.8) is 0 Å². The highest BCUT2D eigenvalue weighted by Crippen LogP contribution is 2.17. The lowest BCUT2D eigenvalue weighted by molar-refractivity contribution is -0.120. The molecule has 1 aliphatic heterocycles. The van der Waals surface area contributed by atoms with Gasteiger partial charge in [0.25, 0.3) is 0 Å². The van der Waals surface area contributed by atoms with Crippen LogP contribution in [0.15, 0.2) is 41.9 Å². The van der Waals surface area contributed by atoms with Crippen LogP contribution in [0.1, 0.15) is 5.56 Å². The second-order valence-electron chi connectivity index (χ2n) is 6.78. The predicted octanol–water partition coefficient (Wildman–Crippen LogP) is 1.38. The maximum absolute atomic E-state index is 12.6. The summed E-state index contributed by atoms with van der Waals surface area (Å²) in [4.78, 5) is 28.2. The van der Waals surface area contributed by atoms with E-state index in [9.17, 15) is 4.79 Å². The Morgan fingerprint density at radius 2 is 2.24 bits per heavy atom. The number of anilines is 1. The molecule has 0 bridgehead atoms. The molecule has 4 heterocycles. The number of hydrogen-bond acceptors (Lipinski definition) is 4. The van der Waals surface area contributed by atoms with Crippen molar-refractivity contribution >= 4 is 52.6 Å². The SMILES string of the molecule is CN=C(NCCc1c[nH]c2ncccc12)N1CCN(c2cnn(C)c2)C(=O)C1.I. The summed E-state index contributed by atoms with van der Waals surface area (Å²) in [6.07, 6.45) is 8.20. The lowest BCUT2D eigenvalue weighted by Gasteiger charge is -2.35. The summed E-state index contributed by atoms with van der Waals surface area (Å²) in [5, 5.41) is 8.66. The number of aromatic nitrogens is 4. The number of hydrogen-bond donors (Lipinski definition) is 2. The first-order valence-electron chi connectivity index (χ1n) is 9.31. The minimum atomic E-state index is 0. The second-order valence-corrected chi connectivity index (χ2v) is 6.78. The van der Waals surface area contributed by atoms with Gasteiger partial charge in [-0.1, -0.05) is 0 Å². The zero-order valence-corrected chi connectivity index (χ0v) is 18.8. The smallest absolute Gasteiger partial charge is 0.246 e. The van der Waals surface area contributed by atoms with E-state index in [2.05, 4.69) is 31.4 Å². The van der Waals surface area contributed by atoms with Crippen LogP contribution in [0.25, 0.3) is 11.0 Å². The van der Waals surface area contributed by atoms with Gasteiger partial charge in [0, 0.05) is 57.7 Å². The molecule has 0 aliphatic carbocycles. The van der Waals surface area contributed by atoms with Gasteiger partial charge in [0.1, 0.15) is 12.2 Å². The zero-order valence-electron chi connectivity index (χ0n) is 16.5. The number of aliphatic imine (C=N–C) groups is 1. The quantitative estimate of drug-likeness (QED) is 0.316. The van der Waals surface area contributed by atoms with Crippen molar-refractivity contribution in [3.8, 4) is 0 Å². The maximum atomic E-state index is 12.6. The third kappa shape index (κ3) is 4.52. The number of halogens is 1. The fourth-order valence-corrected chi connectivity index (χ4v) is 3.54. The summed E-state index contributed by atoms with van der Waals surface area (Å²) in [6, 6.07) is 4.01. The van der Waals surface area contributed by atoms with Crippen LogP contribution < -0.4 is 10.2 Å². The summed E-state index contributed by atoms with van der Waals surface area (Å²) in [5.41, 5.74) is 2.95. The van der Waals surface area contributed by atoms with E-state index in [4.69, 9.17) is 0 Å². The highest BCUT2D eigenvalue weighted by atomic mass is 127. The maximum Gasteiger partial charge on any atom is 0.246 e. The highest BCUT2D eigenvalue weighted by molar-refractivity contribution is 14.0. The fraction of sp³-hybridized carbons (Fsp3) is 0.368. The molecule has 1 aliphatic rings. The van der Waals surface area contributed by atoms with Crippen LogP contribution in [0.5, 0.6) is 0 Å². The van der Waals surface area contributed by atoms with Crippen LogP contribution in [0, 0.1) is 0 Å². The minimum absolute atomic E-state index is 0. The number of nitrogens with one attached hydrogen (secondary N) is 2. The van der Waals surface area contributed by atoms with Crippen molar-refractivity contribution in [1.29, 1.82) is 0 Å². The molecule has 3 aromatic heterocycles. The first-order chi connectivity index (χ1) is 13.7. The summed E-state index contributed by atoms with van der Waals surface area (Å²) in [5.74, 6) is 0.794. The molecule has 1 fully saturated rings. The summed E-state index contributed by atoms with van der Waals surface area (Å²) in [7, 11) is 3.59. The Kier molecular flexibility index (Phi) is 6.72. The average Bonchev–Trinajstić information content (AvgIpc) is 3.31. The third-order valence-corrected chi connectivity index (χ3v) is 4.95. The molecule has 2 N–H and O–H groups in total. The van der Waals surface area contributed by atoms with Gasteiger partial charge in [0.2, 0.25) is 5.91 Å². The Balaban J connectivity index is 0.00000240. The molecule has 0 saturated carbocycles.